The highest BCUT2D eigenvalue weighted by Gasteiger charge is 2.17. The summed E-state index contributed by atoms with van der Waals surface area (Å²) >= 11 is 0. The van der Waals surface area contributed by atoms with Crippen LogP contribution < -0.4 is 5.32 Å². The maximum atomic E-state index is 12.5. The van der Waals surface area contributed by atoms with Crippen molar-refractivity contribution in [1.29, 1.82) is 0 Å². The van der Waals surface area contributed by atoms with E-state index < -0.39 is 11.7 Å². The number of amides is 2. The van der Waals surface area contributed by atoms with Gasteiger partial charge in [-0.3, -0.25) is 4.79 Å². The fraction of sp³-hybridized carbons (Fsp3) is 0.769. The van der Waals surface area contributed by atoms with Crippen LogP contribution in [0.15, 0.2) is 11.6 Å². The van der Waals surface area contributed by atoms with Crippen LogP contribution in [0.5, 0.6) is 0 Å². The molecule has 0 atom stereocenters. The number of carbonyl (C=O) groups is 2. The largest absolute Gasteiger partial charge is 0.444 e. The monoisotopic (exact) mass is 496 g/mol. The molecule has 35 heavy (non-hydrogen) atoms. The van der Waals surface area contributed by atoms with E-state index in [0.717, 1.165) is 38.8 Å². The average Bonchev–Trinajstić information content (AvgIpc) is 3.04. The normalized spacial score (nSPS) is 15.5. The molecule has 0 saturated carbocycles. The van der Waals surface area contributed by atoms with Crippen molar-refractivity contribution in [3.63, 3.8) is 0 Å². The van der Waals surface area contributed by atoms with Gasteiger partial charge in [0.15, 0.2) is 0 Å². The maximum absolute atomic E-state index is 12.5. The van der Waals surface area contributed by atoms with Crippen LogP contribution in [0.1, 0.15) is 52.9 Å². The highest BCUT2D eigenvalue weighted by molar-refractivity contribution is 5.76. The van der Waals surface area contributed by atoms with E-state index in [9.17, 15) is 9.59 Å². The highest BCUT2D eigenvalue weighted by atomic mass is 16.6. The third-order valence-electron chi connectivity index (χ3n) is 4.99. The third kappa shape index (κ3) is 17.9. The van der Waals surface area contributed by atoms with Gasteiger partial charge in [0.2, 0.25) is 5.91 Å². The summed E-state index contributed by atoms with van der Waals surface area (Å²) in [6.45, 7) is 11.1. The zero-order chi connectivity index (χ0) is 25.8. The average molecular weight is 497 g/mol. The number of alkyl carbamates (subject to hydrolysis) is 1. The molecule has 2 amide bonds. The van der Waals surface area contributed by atoms with Gasteiger partial charge in [-0.15, -0.1) is 6.42 Å². The summed E-state index contributed by atoms with van der Waals surface area (Å²) in [5.74, 6) is 2.52. The lowest BCUT2D eigenvalue weighted by atomic mass is 10.1. The molecule has 0 aliphatic carbocycles. The molecule has 1 N–H and O–H groups in total. The van der Waals surface area contributed by atoms with E-state index in [0.29, 0.717) is 65.8 Å². The number of ether oxygens (including phenoxy) is 5. The van der Waals surface area contributed by atoms with Crippen molar-refractivity contribution in [3.05, 3.63) is 11.6 Å². The first-order valence-electron chi connectivity index (χ1n) is 12.5. The van der Waals surface area contributed by atoms with Crippen LogP contribution >= 0.6 is 0 Å². The van der Waals surface area contributed by atoms with E-state index in [4.69, 9.17) is 30.1 Å². The van der Waals surface area contributed by atoms with Crippen LogP contribution in [0.25, 0.3) is 0 Å². The van der Waals surface area contributed by atoms with Gasteiger partial charge in [0, 0.05) is 19.6 Å². The standard InChI is InChI=1S/C26H44N2O7/c1-5-15-31-17-19-33-21-22-34-20-18-32-16-11-24(29)28-13-7-9-23(10-14-28)8-6-12-27-25(30)35-26(2,3)4/h1,8H,6-7,9-22H2,2-4H3,(H,27,30)/b23-8-. The Hall–Kier alpha value is -2.12. The number of carbonyl (C=O) groups excluding carboxylic acids is 2. The number of nitrogens with one attached hydrogen (secondary N) is 1. The van der Waals surface area contributed by atoms with E-state index in [1.165, 1.54) is 5.57 Å². The van der Waals surface area contributed by atoms with E-state index >= 15 is 0 Å². The summed E-state index contributed by atoms with van der Waals surface area (Å²) in [6, 6.07) is 0. The molecule has 0 aromatic rings. The Kier molecular flexibility index (Phi) is 16.9. The molecular formula is C26H44N2O7. The van der Waals surface area contributed by atoms with Gasteiger partial charge in [-0.25, -0.2) is 4.79 Å². The van der Waals surface area contributed by atoms with Crippen molar-refractivity contribution in [2.24, 2.45) is 0 Å². The van der Waals surface area contributed by atoms with Gasteiger partial charge in [0.25, 0.3) is 0 Å². The molecule has 1 aliphatic heterocycles. The number of rotatable bonds is 16. The molecule has 1 saturated heterocycles. The van der Waals surface area contributed by atoms with Gasteiger partial charge < -0.3 is 33.9 Å². The molecule has 1 fully saturated rings. The first-order valence-corrected chi connectivity index (χ1v) is 12.5. The molecule has 9 heteroatoms. The summed E-state index contributed by atoms with van der Waals surface area (Å²) in [4.78, 5) is 26.1. The molecule has 9 nitrogen and oxygen atoms in total. The summed E-state index contributed by atoms with van der Waals surface area (Å²) in [5, 5.41) is 2.77. The first kappa shape index (κ1) is 30.9. The van der Waals surface area contributed by atoms with Crippen LogP contribution in [0, 0.1) is 12.3 Å². The van der Waals surface area contributed by atoms with Crippen LogP contribution in [0.3, 0.4) is 0 Å². The lowest BCUT2D eigenvalue weighted by Gasteiger charge is -2.20. The van der Waals surface area contributed by atoms with Crippen molar-refractivity contribution < 1.29 is 33.3 Å². The zero-order valence-corrected chi connectivity index (χ0v) is 21.8. The third-order valence-corrected chi connectivity index (χ3v) is 4.99. The molecule has 0 bridgehead atoms. The van der Waals surface area contributed by atoms with Crippen LogP contribution in [0.2, 0.25) is 0 Å². The van der Waals surface area contributed by atoms with Crippen LogP contribution in [-0.2, 0) is 28.5 Å². The predicted octanol–water partition coefficient (Wildman–Crippen LogP) is 2.93. The minimum atomic E-state index is -0.493. The Balaban J connectivity index is 2.05. The summed E-state index contributed by atoms with van der Waals surface area (Å²) in [5.41, 5.74) is 0.844. The van der Waals surface area contributed by atoms with E-state index in [-0.39, 0.29) is 5.91 Å². The number of hydrogen-bond acceptors (Lipinski definition) is 7. The van der Waals surface area contributed by atoms with Gasteiger partial charge >= 0.3 is 6.09 Å². The molecule has 0 radical (unpaired) electrons. The second-order valence-corrected chi connectivity index (χ2v) is 9.16. The van der Waals surface area contributed by atoms with Crippen molar-refractivity contribution in [1.82, 2.24) is 10.2 Å². The Morgan fingerprint density at radius 1 is 0.971 bits per heavy atom. The summed E-state index contributed by atoms with van der Waals surface area (Å²) in [6.07, 6.45) is 10.8. The highest BCUT2D eigenvalue weighted by Crippen LogP contribution is 2.17. The predicted molar refractivity (Wildman–Crippen MR) is 134 cm³/mol. The molecule has 0 aromatic carbocycles. The second-order valence-electron chi connectivity index (χ2n) is 9.16. The van der Waals surface area contributed by atoms with Crippen LogP contribution in [-0.4, -0.2) is 95.0 Å². The van der Waals surface area contributed by atoms with E-state index in [1.54, 1.807) is 0 Å². The first-order chi connectivity index (χ1) is 16.8. The minimum Gasteiger partial charge on any atom is -0.444 e. The Labute approximate surface area is 210 Å². The minimum absolute atomic E-state index is 0.124. The van der Waals surface area contributed by atoms with Crippen molar-refractivity contribution in [2.45, 2.75) is 58.5 Å². The van der Waals surface area contributed by atoms with Gasteiger partial charge in [-0.05, 0) is 46.5 Å². The van der Waals surface area contributed by atoms with E-state index in [2.05, 4.69) is 17.3 Å². The molecule has 1 aliphatic rings. The van der Waals surface area contributed by atoms with Gasteiger partial charge in [0.1, 0.15) is 12.2 Å². The Morgan fingerprint density at radius 2 is 1.60 bits per heavy atom. The molecule has 0 spiro atoms. The van der Waals surface area contributed by atoms with Crippen LogP contribution in [0.4, 0.5) is 4.79 Å². The molecule has 1 heterocycles. The lowest BCUT2D eigenvalue weighted by molar-refractivity contribution is -0.132. The number of terminal acetylenes is 1. The number of nitrogens with zero attached hydrogens (tertiary/aromatic N) is 1. The van der Waals surface area contributed by atoms with Crippen molar-refractivity contribution in [3.8, 4) is 12.3 Å². The zero-order valence-electron chi connectivity index (χ0n) is 21.8. The van der Waals surface area contributed by atoms with E-state index in [1.807, 2.05) is 25.7 Å². The number of hydrogen-bond donors (Lipinski definition) is 1. The van der Waals surface area contributed by atoms with Crippen molar-refractivity contribution >= 4 is 12.0 Å². The fourth-order valence-electron chi connectivity index (χ4n) is 3.34. The summed E-state index contributed by atoms with van der Waals surface area (Å²) < 4.78 is 26.6. The SMILES string of the molecule is C#CCOCCOCCOCCOCCC(=O)N1CCC/C(=C/CCNC(=O)OC(C)(C)C)CC1. The smallest absolute Gasteiger partial charge is 0.407 e. The quantitative estimate of drug-likeness (QED) is 0.199. The lowest BCUT2D eigenvalue weighted by Crippen LogP contribution is -2.33. The number of likely N-dealkylation sites (tertiary alicyclic amines) is 1. The van der Waals surface area contributed by atoms with Crippen molar-refractivity contribution in [2.75, 3.05) is 72.5 Å². The Morgan fingerprint density at radius 3 is 2.23 bits per heavy atom. The van der Waals surface area contributed by atoms with Gasteiger partial charge in [-0.2, -0.15) is 0 Å². The topological polar surface area (TPSA) is 95.6 Å². The van der Waals surface area contributed by atoms with Gasteiger partial charge in [-0.1, -0.05) is 17.6 Å². The second kappa shape index (κ2) is 19.1. The maximum Gasteiger partial charge on any atom is 0.407 e. The van der Waals surface area contributed by atoms with Gasteiger partial charge in [0.05, 0.1) is 52.7 Å². The molecule has 0 unspecified atom stereocenters. The molecule has 200 valence electrons. The molecule has 0 aromatic heterocycles. The molecule has 1 rings (SSSR count). The Bertz CT molecular complexity index is 668. The molecular weight excluding hydrogens is 452 g/mol. The summed E-state index contributed by atoms with van der Waals surface area (Å²) in [7, 11) is 0. The fourth-order valence-corrected chi connectivity index (χ4v) is 3.34.